The molecule has 0 radical (unpaired) electrons. The number of carbonyl (C=O) groups is 1. The zero-order valence-electron chi connectivity index (χ0n) is 26.5. The minimum Gasteiger partial charge on any atom is -0.398 e. The van der Waals surface area contributed by atoms with E-state index in [1.807, 2.05) is 36.2 Å². The highest BCUT2D eigenvalue weighted by Gasteiger charge is 2.51. The Bertz CT molecular complexity index is 1740. The maximum atomic E-state index is 13.9. The molecule has 3 N–H and O–H groups in total. The van der Waals surface area contributed by atoms with Gasteiger partial charge in [0.25, 0.3) is 0 Å². The van der Waals surface area contributed by atoms with Crippen LogP contribution in [0.1, 0.15) is 36.8 Å². The topological polar surface area (TPSA) is 117 Å². The lowest BCUT2D eigenvalue weighted by Crippen LogP contribution is -2.38. The molecule has 5 heterocycles. The van der Waals surface area contributed by atoms with Crippen molar-refractivity contribution in [3.63, 3.8) is 0 Å². The quantitative estimate of drug-likeness (QED) is 0.282. The Morgan fingerprint density at radius 2 is 1.87 bits per heavy atom. The molecule has 0 saturated carbocycles. The van der Waals surface area contributed by atoms with E-state index in [0.29, 0.717) is 43.1 Å². The average Bonchev–Trinajstić information content (AvgIpc) is 3.80. The van der Waals surface area contributed by atoms with Gasteiger partial charge in [-0.25, -0.2) is 4.98 Å². The van der Waals surface area contributed by atoms with Crippen LogP contribution in [-0.2, 0) is 16.6 Å². The second-order valence-corrected chi connectivity index (χ2v) is 13.0. The molecule has 1 aromatic heterocycles. The van der Waals surface area contributed by atoms with Crippen molar-refractivity contribution in [2.75, 3.05) is 63.1 Å². The molecule has 1 atom stereocenters. The Balaban J connectivity index is 0.951. The summed E-state index contributed by atoms with van der Waals surface area (Å²) in [5.74, 6) is 0.924. The highest BCUT2D eigenvalue weighted by atomic mass is 16.5. The molecular formula is C36H42N8O2. The van der Waals surface area contributed by atoms with Crippen molar-refractivity contribution in [3.8, 4) is 11.4 Å². The predicted octanol–water partition coefficient (Wildman–Crippen LogP) is 4.51. The lowest BCUT2D eigenvalue weighted by Gasteiger charge is -2.32. The second kappa shape index (κ2) is 12.3. The van der Waals surface area contributed by atoms with Crippen LogP contribution in [0.4, 0.5) is 11.4 Å². The third kappa shape index (κ3) is 5.78. The molecule has 3 aromatic rings. The number of nitrogens with two attached hydrogens (primary N) is 1. The summed E-state index contributed by atoms with van der Waals surface area (Å²) in [7, 11) is 1.88. The molecule has 1 amide bonds. The van der Waals surface area contributed by atoms with Crippen LogP contribution < -0.4 is 10.6 Å². The standard InChI is InChI=1S/C36H42N8O2/c1-25(43-15-9-27(10-16-43)26-3-5-29(6-4-26)34-39-24-41(2)40-34)22-42-17-13-36(23-42)14-18-44(35(36)45)30-7-8-32(37)31(21-30)33(38)28-11-19-46-20-12-28/h3-9,11,21,24,38H,1,10,12-20,22-23,37H2,2H3/t36-/m0/s1. The van der Waals surface area contributed by atoms with E-state index in [-0.39, 0.29) is 11.3 Å². The summed E-state index contributed by atoms with van der Waals surface area (Å²) in [6.45, 7) is 10.4. The normalized spacial score (nSPS) is 22.0. The third-order valence-corrected chi connectivity index (χ3v) is 10.0. The zero-order chi connectivity index (χ0) is 31.8. The molecule has 2 saturated heterocycles. The number of hydrogen-bond donors (Lipinski definition) is 2. The van der Waals surface area contributed by atoms with Gasteiger partial charge in [-0.2, -0.15) is 5.10 Å². The van der Waals surface area contributed by atoms with Crippen LogP contribution >= 0.6 is 0 Å². The average molecular weight is 619 g/mol. The summed E-state index contributed by atoms with van der Waals surface area (Å²) in [5, 5.41) is 13.2. The van der Waals surface area contributed by atoms with Gasteiger partial charge >= 0.3 is 0 Å². The molecule has 1 spiro atoms. The number of nitrogen functional groups attached to an aromatic ring is 1. The number of aryl methyl sites for hydroxylation is 1. The number of anilines is 2. The van der Waals surface area contributed by atoms with Gasteiger partial charge in [0.2, 0.25) is 5.91 Å². The Morgan fingerprint density at radius 3 is 2.59 bits per heavy atom. The highest BCUT2D eigenvalue weighted by Crippen LogP contribution is 2.43. The number of amides is 1. The van der Waals surface area contributed by atoms with Gasteiger partial charge in [0.05, 0.1) is 24.3 Å². The number of carbonyl (C=O) groups excluding carboxylic acids is 1. The minimum absolute atomic E-state index is 0.184. The van der Waals surface area contributed by atoms with Crippen molar-refractivity contribution in [2.45, 2.75) is 25.7 Å². The number of rotatable bonds is 8. The predicted molar refractivity (Wildman–Crippen MR) is 181 cm³/mol. The van der Waals surface area contributed by atoms with Gasteiger partial charge in [-0.05, 0) is 67.1 Å². The summed E-state index contributed by atoms with van der Waals surface area (Å²) in [4.78, 5) is 25.0. The first-order valence-corrected chi connectivity index (χ1v) is 16.2. The highest BCUT2D eigenvalue weighted by molar-refractivity contribution is 6.14. The first kappa shape index (κ1) is 30.1. The minimum atomic E-state index is -0.371. The van der Waals surface area contributed by atoms with Crippen LogP contribution in [0.3, 0.4) is 0 Å². The zero-order valence-corrected chi connectivity index (χ0v) is 26.5. The van der Waals surface area contributed by atoms with Crippen LogP contribution in [-0.4, -0.2) is 88.7 Å². The third-order valence-electron chi connectivity index (χ3n) is 10.0. The van der Waals surface area contributed by atoms with Gasteiger partial charge in [-0.3, -0.25) is 19.8 Å². The Morgan fingerprint density at radius 1 is 1.07 bits per heavy atom. The maximum Gasteiger partial charge on any atom is 0.234 e. The molecule has 10 heteroatoms. The number of hydrogen-bond acceptors (Lipinski definition) is 8. The van der Waals surface area contributed by atoms with Gasteiger partial charge in [0.1, 0.15) is 6.33 Å². The maximum absolute atomic E-state index is 13.9. The number of nitrogens with zero attached hydrogens (tertiary/aromatic N) is 6. The van der Waals surface area contributed by atoms with Gasteiger partial charge in [-0.1, -0.05) is 43.0 Å². The Labute approximate surface area is 270 Å². The largest absolute Gasteiger partial charge is 0.398 e. The fourth-order valence-electron chi connectivity index (χ4n) is 7.28. The second-order valence-electron chi connectivity index (χ2n) is 13.0. The van der Waals surface area contributed by atoms with Crippen molar-refractivity contribution in [1.82, 2.24) is 24.6 Å². The van der Waals surface area contributed by atoms with Gasteiger partial charge in [0, 0.05) is 68.0 Å². The SMILES string of the molecule is C=C(CN1CC[C@]2(CCN(c3ccc(N)c(C(=N)C4=CCOCC4)c3)C2=O)C1)N1CC=C(c2ccc(-c3ncn(C)n3)cc2)CC1. The molecule has 238 valence electrons. The first-order chi connectivity index (χ1) is 22.3. The first-order valence-electron chi connectivity index (χ1n) is 16.2. The van der Waals surface area contributed by atoms with Crippen LogP contribution in [0.15, 0.2) is 78.8 Å². The summed E-state index contributed by atoms with van der Waals surface area (Å²) < 4.78 is 7.13. The van der Waals surface area contributed by atoms with Gasteiger partial charge in [0.15, 0.2) is 5.82 Å². The molecule has 0 unspecified atom stereocenters. The van der Waals surface area contributed by atoms with E-state index in [4.69, 9.17) is 15.9 Å². The summed E-state index contributed by atoms with van der Waals surface area (Å²) in [6, 6.07) is 14.2. The number of aromatic nitrogens is 3. The summed E-state index contributed by atoms with van der Waals surface area (Å²) >= 11 is 0. The molecule has 7 rings (SSSR count). The number of likely N-dealkylation sites (tertiary alicyclic amines) is 1. The lowest BCUT2D eigenvalue weighted by molar-refractivity contribution is -0.125. The fourth-order valence-corrected chi connectivity index (χ4v) is 7.28. The van der Waals surface area contributed by atoms with Crippen LogP contribution in [0, 0.1) is 10.8 Å². The molecule has 10 nitrogen and oxygen atoms in total. The van der Waals surface area contributed by atoms with E-state index in [0.717, 1.165) is 80.3 Å². The molecule has 2 fully saturated rings. The van der Waals surface area contributed by atoms with Crippen molar-refractivity contribution < 1.29 is 9.53 Å². The van der Waals surface area contributed by atoms with Gasteiger partial charge in [-0.15, -0.1) is 0 Å². The van der Waals surface area contributed by atoms with Crippen molar-refractivity contribution in [3.05, 3.63) is 89.9 Å². The van der Waals surface area contributed by atoms with E-state index < -0.39 is 0 Å². The smallest absolute Gasteiger partial charge is 0.234 e. The molecule has 4 aliphatic heterocycles. The van der Waals surface area contributed by atoms with Crippen molar-refractivity contribution in [1.29, 1.82) is 5.41 Å². The van der Waals surface area contributed by atoms with Crippen LogP contribution in [0.2, 0.25) is 0 Å². The van der Waals surface area contributed by atoms with E-state index in [2.05, 4.69) is 56.8 Å². The van der Waals surface area contributed by atoms with E-state index in [1.54, 1.807) is 11.0 Å². The van der Waals surface area contributed by atoms with Crippen molar-refractivity contribution >= 4 is 28.6 Å². The number of nitrogens with one attached hydrogen (secondary N) is 1. The molecule has 4 aliphatic rings. The van der Waals surface area contributed by atoms with Crippen molar-refractivity contribution in [2.24, 2.45) is 12.5 Å². The Hall–Kier alpha value is -4.54. The summed E-state index contributed by atoms with van der Waals surface area (Å²) in [5.41, 5.74) is 14.1. The molecule has 0 bridgehead atoms. The number of ether oxygens (including phenoxy) is 1. The molecule has 46 heavy (non-hydrogen) atoms. The molecule has 0 aliphatic carbocycles. The molecular weight excluding hydrogens is 576 g/mol. The monoisotopic (exact) mass is 618 g/mol. The fraction of sp³-hybridized carbons (Fsp3) is 0.389. The van der Waals surface area contributed by atoms with E-state index in [1.165, 1.54) is 11.1 Å². The van der Waals surface area contributed by atoms with E-state index in [9.17, 15) is 4.79 Å². The molecule has 2 aromatic carbocycles. The van der Waals surface area contributed by atoms with Crippen LogP contribution in [0.25, 0.3) is 17.0 Å². The Kier molecular flexibility index (Phi) is 8.08. The van der Waals surface area contributed by atoms with E-state index >= 15 is 0 Å². The number of benzene rings is 2. The van der Waals surface area contributed by atoms with Gasteiger partial charge < -0.3 is 20.3 Å². The summed E-state index contributed by atoms with van der Waals surface area (Å²) in [6.07, 6.45) is 9.33. The van der Waals surface area contributed by atoms with Crippen LogP contribution in [0.5, 0.6) is 0 Å². The lowest BCUT2D eigenvalue weighted by atomic mass is 9.85.